The molecule has 2 atom stereocenters. The SMILES string of the molecule is CCCCC[C@@H](C)/C=C(/C)C/C(C)=C/[C@H](C)CCCCCC(=O)O. The summed E-state index contributed by atoms with van der Waals surface area (Å²) < 4.78 is 0. The van der Waals surface area contributed by atoms with Gasteiger partial charge in [0.05, 0.1) is 0 Å². The molecule has 0 bridgehead atoms. The summed E-state index contributed by atoms with van der Waals surface area (Å²) in [7, 11) is 0. The lowest BCUT2D eigenvalue weighted by atomic mass is 9.95. The van der Waals surface area contributed by atoms with Crippen molar-refractivity contribution in [3.63, 3.8) is 0 Å². The highest BCUT2D eigenvalue weighted by atomic mass is 16.4. The average molecular weight is 337 g/mol. The number of carboxylic acid groups (broad SMARTS) is 1. The molecule has 2 heteroatoms. The Hall–Kier alpha value is -1.05. The molecule has 0 fully saturated rings. The van der Waals surface area contributed by atoms with Gasteiger partial charge in [-0.05, 0) is 51.4 Å². The van der Waals surface area contributed by atoms with Crippen molar-refractivity contribution in [1.29, 1.82) is 0 Å². The number of unbranched alkanes of at least 4 members (excludes halogenated alkanes) is 4. The zero-order valence-electron chi connectivity index (χ0n) is 16.7. The van der Waals surface area contributed by atoms with Crippen LogP contribution in [0.1, 0.15) is 98.8 Å². The Morgan fingerprint density at radius 1 is 0.875 bits per heavy atom. The average Bonchev–Trinajstić information content (AvgIpc) is 2.46. The van der Waals surface area contributed by atoms with Gasteiger partial charge in [0.15, 0.2) is 0 Å². The summed E-state index contributed by atoms with van der Waals surface area (Å²) in [5.74, 6) is 0.602. The summed E-state index contributed by atoms with van der Waals surface area (Å²) in [6.07, 6.45) is 15.7. The summed E-state index contributed by atoms with van der Waals surface area (Å²) in [5.41, 5.74) is 2.95. The van der Waals surface area contributed by atoms with Crippen molar-refractivity contribution >= 4 is 5.97 Å². The van der Waals surface area contributed by atoms with Crippen molar-refractivity contribution in [2.45, 2.75) is 98.8 Å². The number of allylic oxidation sites excluding steroid dienone is 4. The fourth-order valence-electron chi connectivity index (χ4n) is 3.33. The minimum atomic E-state index is -0.676. The molecule has 0 radical (unpaired) electrons. The molecule has 24 heavy (non-hydrogen) atoms. The van der Waals surface area contributed by atoms with Crippen molar-refractivity contribution in [2.75, 3.05) is 0 Å². The number of hydrogen-bond acceptors (Lipinski definition) is 1. The minimum absolute atomic E-state index is 0.309. The van der Waals surface area contributed by atoms with Crippen LogP contribution in [0.5, 0.6) is 0 Å². The van der Waals surface area contributed by atoms with Crippen molar-refractivity contribution in [3.05, 3.63) is 23.3 Å². The van der Waals surface area contributed by atoms with E-state index in [1.165, 1.54) is 36.8 Å². The second-order valence-electron chi connectivity index (χ2n) is 7.65. The monoisotopic (exact) mass is 336 g/mol. The maximum absolute atomic E-state index is 10.5. The Morgan fingerprint density at radius 2 is 1.38 bits per heavy atom. The van der Waals surface area contributed by atoms with Gasteiger partial charge in [-0.15, -0.1) is 0 Å². The van der Waals surface area contributed by atoms with Crippen LogP contribution in [-0.2, 0) is 4.79 Å². The zero-order valence-corrected chi connectivity index (χ0v) is 16.7. The Morgan fingerprint density at radius 3 is 1.83 bits per heavy atom. The van der Waals surface area contributed by atoms with Crippen molar-refractivity contribution in [3.8, 4) is 0 Å². The third-order valence-corrected chi connectivity index (χ3v) is 4.51. The molecule has 0 aliphatic heterocycles. The van der Waals surface area contributed by atoms with E-state index < -0.39 is 5.97 Å². The molecule has 0 aromatic rings. The molecule has 0 aromatic carbocycles. The zero-order chi connectivity index (χ0) is 18.4. The van der Waals surface area contributed by atoms with E-state index >= 15 is 0 Å². The largest absolute Gasteiger partial charge is 0.481 e. The first-order valence-corrected chi connectivity index (χ1v) is 9.91. The molecule has 0 saturated heterocycles. The molecule has 140 valence electrons. The Kier molecular flexibility index (Phi) is 13.7. The summed E-state index contributed by atoms with van der Waals surface area (Å²) in [6.45, 7) is 11.3. The molecule has 0 heterocycles. The van der Waals surface area contributed by atoms with Crippen LogP contribution in [0, 0.1) is 11.8 Å². The Bertz CT molecular complexity index is 393. The van der Waals surface area contributed by atoms with Gasteiger partial charge < -0.3 is 5.11 Å². The number of hydrogen-bond donors (Lipinski definition) is 1. The van der Waals surface area contributed by atoms with E-state index in [-0.39, 0.29) is 0 Å². The third-order valence-electron chi connectivity index (χ3n) is 4.51. The highest BCUT2D eigenvalue weighted by molar-refractivity contribution is 5.66. The first-order valence-electron chi connectivity index (χ1n) is 9.91. The minimum Gasteiger partial charge on any atom is -0.481 e. The van der Waals surface area contributed by atoms with Crippen LogP contribution in [0.2, 0.25) is 0 Å². The van der Waals surface area contributed by atoms with E-state index in [1.807, 2.05) is 0 Å². The van der Waals surface area contributed by atoms with Crippen LogP contribution in [-0.4, -0.2) is 11.1 Å². The van der Waals surface area contributed by atoms with Gasteiger partial charge in [-0.3, -0.25) is 4.79 Å². The van der Waals surface area contributed by atoms with E-state index in [4.69, 9.17) is 5.11 Å². The predicted molar refractivity (Wildman–Crippen MR) is 105 cm³/mol. The van der Waals surface area contributed by atoms with Crippen LogP contribution in [0.4, 0.5) is 0 Å². The second kappa shape index (κ2) is 14.3. The molecule has 0 aromatic heterocycles. The van der Waals surface area contributed by atoms with E-state index in [9.17, 15) is 4.79 Å². The van der Waals surface area contributed by atoms with Gasteiger partial charge in [0, 0.05) is 6.42 Å². The molecule has 0 rings (SSSR count). The third kappa shape index (κ3) is 14.5. The van der Waals surface area contributed by atoms with Crippen molar-refractivity contribution in [2.24, 2.45) is 11.8 Å². The highest BCUT2D eigenvalue weighted by Gasteiger charge is 2.03. The van der Waals surface area contributed by atoms with Crippen LogP contribution in [0.3, 0.4) is 0 Å². The first kappa shape index (κ1) is 22.9. The smallest absolute Gasteiger partial charge is 0.303 e. The predicted octanol–water partition coefficient (Wildman–Crippen LogP) is 7.16. The van der Waals surface area contributed by atoms with Gasteiger partial charge >= 0.3 is 5.97 Å². The summed E-state index contributed by atoms with van der Waals surface area (Å²) in [4.78, 5) is 10.5. The molecule has 0 aliphatic rings. The molecule has 0 saturated carbocycles. The Labute approximate surface area is 150 Å². The molecule has 1 N–H and O–H groups in total. The van der Waals surface area contributed by atoms with Crippen molar-refractivity contribution < 1.29 is 9.90 Å². The molecule has 0 unspecified atom stereocenters. The van der Waals surface area contributed by atoms with Gasteiger partial charge in [-0.1, -0.05) is 76.2 Å². The van der Waals surface area contributed by atoms with E-state index in [1.54, 1.807) is 0 Å². The van der Waals surface area contributed by atoms with Gasteiger partial charge in [0.1, 0.15) is 0 Å². The highest BCUT2D eigenvalue weighted by Crippen LogP contribution is 2.19. The standard InChI is InChI=1S/C22H40O2/c1-6-7-9-12-18(2)15-20(4)17-21(5)16-19(3)13-10-8-11-14-22(23)24/h15-16,18-19H,6-14,17H2,1-5H3,(H,23,24)/b20-15-,21-16+/t18-,19-/m1/s1. The summed E-state index contributed by atoms with van der Waals surface area (Å²) >= 11 is 0. The maximum atomic E-state index is 10.5. The quantitative estimate of drug-likeness (QED) is 0.270. The topological polar surface area (TPSA) is 37.3 Å². The number of carboxylic acids is 1. The molecule has 2 nitrogen and oxygen atoms in total. The molecule has 0 amide bonds. The van der Waals surface area contributed by atoms with E-state index in [0.717, 1.165) is 32.1 Å². The summed E-state index contributed by atoms with van der Waals surface area (Å²) in [5, 5.41) is 8.63. The van der Waals surface area contributed by atoms with Crippen LogP contribution in [0.25, 0.3) is 0 Å². The van der Waals surface area contributed by atoms with Gasteiger partial charge in [0.2, 0.25) is 0 Å². The van der Waals surface area contributed by atoms with Crippen LogP contribution < -0.4 is 0 Å². The fourth-order valence-corrected chi connectivity index (χ4v) is 3.33. The molecule has 0 spiro atoms. The van der Waals surface area contributed by atoms with E-state index in [2.05, 4.69) is 46.8 Å². The lowest BCUT2D eigenvalue weighted by molar-refractivity contribution is -0.137. The van der Waals surface area contributed by atoms with E-state index in [0.29, 0.717) is 18.3 Å². The number of aliphatic carboxylic acids is 1. The molecular weight excluding hydrogens is 296 g/mol. The van der Waals surface area contributed by atoms with Crippen LogP contribution in [0.15, 0.2) is 23.3 Å². The number of carbonyl (C=O) groups is 1. The van der Waals surface area contributed by atoms with Crippen LogP contribution >= 0.6 is 0 Å². The van der Waals surface area contributed by atoms with Gasteiger partial charge in [0.25, 0.3) is 0 Å². The molecular formula is C22H40O2. The van der Waals surface area contributed by atoms with Crippen molar-refractivity contribution in [1.82, 2.24) is 0 Å². The van der Waals surface area contributed by atoms with Gasteiger partial charge in [-0.2, -0.15) is 0 Å². The normalized spacial score (nSPS) is 15.4. The number of rotatable bonds is 14. The second-order valence-corrected chi connectivity index (χ2v) is 7.65. The lowest BCUT2D eigenvalue weighted by Crippen LogP contribution is -1.96. The maximum Gasteiger partial charge on any atom is 0.303 e. The van der Waals surface area contributed by atoms with Gasteiger partial charge in [-0.25, -0.2) is 0 Å². The first-order chi connectivity index (χ1) is 11.3. The lowest BCUT2D eigenvalue weighted by Gasteiger charge is -2.11. The Balaban J connectivity index is 4.06. The molecule has 0 aliphatic carbocycles. The fraction of sp³-hybridized carbons (Fsp3) is 0.773. The summed E-state index contributed by atoms with van der Waals surface area (Å²) in [6, 6.07) is 0.